The molecule has 4 aromatic rings. The van der Waals surface area contributed by atoms with Gasteiger partial charge in [-0.25, -0.2) is 31.1 Å². The van der Waals surface area contributed by atoms with Crippen molar-refractivity contribution in [3.05, 3.63) is 103 Å². The zero-order chi connectivity index (χ0) is 45.7. The van der Waals surface area contributed by atoms with Gasteiger partial charge in [-0.1, -0.05) is 101 Å². The van der Waals surface area contributed by atoms with Gasteiger partial charge in [-0.2, -0.15) is 0 Å². The number of pyridine rings is 2. The number of alkyl halides is 1. The summed E-state index contributed by atoms with van der Waals surface area (Å²) in [5.74, 6) is 0. The van der Waals surface area contributed by atoms with Gasteiger partial charge in [0.05, 0.1) is 31.2 Å². The number of anilines is 2. The molecule has 1 aliphatic rings. The number of benzene rings is 2. The van der Waals surface area contributed by atoms with Crippen LogP contribution in [0.3, 0.4) is 0 Å². The Balaban J connectivity index is -0.000000860. The van der Waals surface area contributed by atoms with Crippen molar-refractivity contribution in [3.8, 4) is 0 Å². The van der Waals surface area contributed by atoms with Crippen LogP contribution in [0.25, 0.3) is 0 Å². The monoisotopic (exact) mass is 1140 g/mol. The normalized spacial score (nSPS) is 12.0. The number of aromatic nitrogens is 2. The standard InChI is InChI=1S/C17H20BrClN2O3S.C15H16BrClN2O2S.C4H8O.C2H5ClO.CH2O3.2K.H/c1-17(2,3)12-5-7-14(8-6-12)25(22,23)21(11-24-4)15-9-13(19)10-20-16(15)18;1-15(2,3)10-4-6-12(7-5-10)22(20,21)19-13-8-11(17)9-18-14(13)16;1-2-4-5-3-1;1-4-2-3;2-1-4-3;;;/h5-10H,11H2,1-4H3;4-9,19H,1-3H3;1-4H2;2H2,1H3;1,3H;;;/q;;;;;2*+1;-1/p-1. The molecule has 14 nitrogen and oxygen atoms in total. The molecule has 1 N–H and O–H groups in total. The van der Waals surface area contributed by atoms with Crippen LogP contribution in [-0.2, 0) is 54.8 Å². The van der Waals surface area contributed by atoms with Crippen LogP contribution in [0.2, 0.25) is 10.0 Å². The second-order valence-electron chi connectivity index (χ2n) is 14.3. The molecule has 0 spiro atoms. The third kappa shape index (κ3) is 23.6. The minimum absolute atomic E-state index is 0. The molecule has 1 saturated heterocycles. The first-order valence-corrected chi connectivity index (χ1v) is 23.5. The molecule has 62 heavy (non-hydrogen) atoms. The fraction of sp³-hybridized carbons (Fsp3) is 0.410. The smallest absolute Gasteiger partial charge is 1.00 e. The van der Waals surface area contributed by atoms with E-state index in [0.29, 0.717) is 36.7 Å². The maximum Gasteiger partial charge on any atom is 1.00 e. The van der Waals surface area contributed by atoms with Crippen LogP contribution in [0, 0.1) is 0 Å². The zero-order valence-corrected chi connectivity index (χ0v) is 49.7. The number of carbonyl (C=O) groups is 1. The predicted octanol–water partition coefficient (Wildman–Crippen LogP) is 3.37. The van der Waals surface area contributed by atoms with Crippen molar-refractivity contribution in [2.45, 2.75) is 75.0 Å². The van der Waals surface area contributed by atoms with Gasteiger partial charge in [0.15, 0.2) is 0 Å². The molecular formula is C39H51Br2Cl3K2N4O10S2. The van der Waals surface area contributed by atoms with E-state index in [1.807, 2.05) is 24.3 Å². The van der Waals surface area contributed by atoms with Crippen LogP contribution in [0.1, 0.15) is 66.9 Å². The van der Waals surface area contributed by atoms with Crippen molar-refractivity contribution >= 4 is 105 Å². The molecule has 2 aromatic heterocycles. The van der Waals surface area contributed by atoms with Crippen molar-refractivity contribution in [2.24, 2.45) is 0 Å². The topological polar surface area (TPSA) is 186 Å². The number of hydrogen-bond donors (Lipinski definition) is 1. The van der Waals surface area contributed by atoms with E-state index in [1.54, 1.807) is 31.4 Å². The van der Waals surface area contributed by atoms with Crippen molar-refractivity contribution in [1.29, 1.82) is 0 Å². The van der Waals surface area contributed by atoms with E-state index < -0.39 is 20.0 Å². The summed E-state index contributed by atoms with van der Waals surface area (Å²) in [5.41, 5.74) is 2.64. The molecule has 0 aliphatic carbocycles. The Bertz CT molecular complexity index is 2130. The molecule has 0 radical (unpaired) electrons. The number of nitrogens with one attached hydrogen (secondary N) is 1. The van der Waals surface area contributed by atoms with Gasteiger partial charge >= 0.3 is 103 Å². The molecule has 23 heteroatoms. The zero-order valence-electron chi connectivity index (χ0n) is 37.4. The minimum Gasteiger partial charge on any atom is -1.00 e. The molecular weight excluding hydrogens is 1090 g/mol. The summed E-state index contributed by atoms with van der Waals surface area (Å²) in [4.78, 5) is 19.6. The first-order chi connectivity index (χ1) is 28.0. The van der Waals surface area contributed by atoms with E-state index in [1.165, 1.54) is 44.5 Å². The van der Waals surface area contributed by atoms with E-state index in [0.717, 1.165) is 28.6 Å². The van der Waals surface area contributed by atoms with Crippen LogP contribution in [0.15, 0.2) is 92.1 Å². The van der Waals surface area contributed by atoms with Crippen LogP contribution in [0.4, 0.5) is 11.4 Å². The second kappa shape index (κ2) is 32.4. The molecule has 1 fully saturated rings. The van der Waals surface area contributed by atoms with Gasteiger partial charge < -0.3 is 25.8 Å². The van der Waals surface area contributed by atoms with Crippen molar-refractivity contribution in [1.82, 2.24) is 9.97 Å². The predicted molar refractivity (Wildman–Crippen MR) is 243 cm³/mol. The molecule has 1 aliphatic heterocycles. The van der Waals surface area contributed by atoms with Gasteiger partial charge in [-0.3, -0.25) is 9.52 Å². The van der Waals surface area contributed by atoms with E-state index in [4.69, 9.17) is 54.3 Å². The molecule has 336 valence electrons. The van der Waals surface area contributed by atoms with Gasteiger partial charge in [0.1, 0.15) is 22.0 Å². The van der Waals surface area contributed by atoms with Crippen LogP contribution >= 0.6 is 66.7 Å². The Hall–Kier alpha value is 0.653. The molecule has 0 bridgehead atoms. The number of rotatable bonds is 10. The minimum atomic E-state index is -3.84. The van der Waals surface area contributed by atoms with E-state index in [2.05, 4.69) is 97.7 Å². The van der Waals surface area contributed by atoms with Gasteiger partial charge in [0.2, 0.25) is 0 Å². The molecule has 2 aromatic carbocycles. The quantitative estimate of drug-likeness (QED) is 0.0465. The largest absolute Gasteiger partial charge is 1.00 e. The molecule has 0 atom stereocenters. The van der Waals surface area contributed by atoms with Gasteiger partial charge in [0.25, 0.3) is 26.5 Å². The summed E-state index contributed by atoms with van der Waals surface area (Å²) >= 11 is 23.3. The Morgan fingerprint density at radius 1 is 0.806 bits per heavy atom. The van der Waals surface area contributed by atoms with Crippen LogP contribution in [-0.4, -0.2) is 73.5 Å². The second-order valence-corrected chi connectivity index (χ2v) is 20.4. The summed E-state index contributed by atoms with van der Waals surface area (Å²) in [7, 11) is -4.56. The number of hydrogen-bond acceptors (Lipinski definition) is 12. The number of sulfonamides is 2. The number of carbonyl (C=O) groups excluding carboxylic acids is 1. The summed E-state index contributed by atoms with van der Waals surface area (Å²) in [6.45, 7) is 14.1. The first kappa shape index (κ1) is 64.7. The van der Waals surface area contributed by atoms with Gasteiger partial charge in [0, 0.05) is 39.8 Å². The third-order valence-electron chi connectivity index (χ3n) is 7.67. The number of methoxy groups -OCH3 is 2. The van der Waals surface area contributed by atoms with Crippen molar-refractivity contribution < 1.29 is 150 Å². The molecule has 0 amide bonds. The van der Waals surface area contributed by atoms with E-state index in [9.17, 15) is 16.8 Å². The first-order valence-electron chi connectivity index (χ1n) is 17.7. The number of nitrogens with zero attached hydrogens (tertiary/aromatic N) is 3. The molecule has 5 rings (SSSR count). The van der Waals surface area contributed by atoms with Gasteiger partial charge in [-0.15, -0.1) is 0 Å². The fourth-order valence-electron chi connectivity index (χ4n) is 4.57. The summed E-state index contributed by atoms with van der Waals surface area (Å²) in [6.07, 6.45) is 5.42. The summed E-state index contributed by atoms with van der Waals surface area (Å²) in [6, 6.07) is 17.0. The van der Waals surface area contributed by atoms with E-state index in [-0.39, 0.29) is 138 Å². The summed E-state index contributed by atoms with van der Waals surface area (Å²) in [5, 5.41) is 9.11. The third-order valence-corrected chi connectivity index (χ3v) is 12.7. The Morgan fingerprint density at radius 2 is 1.23 bits per heavy atom. The average Bonchev–Trinajstić information content (AvgIpc) is 3.80. The van der Waals surface area contributed by atoms with Crippen LogP contribution in [0.5, 0.6) is 0 Å². The SMILES string of the molecule is C1CCOC1.CC(C)(C)c1ccc(S(=O)(=O)Nc2cc(Cl)cnc2Br)cc1.COCCl.COCN(c1cc(Cl)cnc1Br)S(=O)(=O)c1ccc(C(C)(C)C)cc1.O=CO[O-].[H-].[K+].[K+]. The number of ether oxygens (including phenoxy) is 3. The molecule has 0 unspecified atom stereocenters. The maximum absolute atomic E-state index is 13.1. The Labute approximate surface area is 484 Å². The molecule has 0 saturated carbocycles. The van der Waals surface area contributed by atoms with Crippen molar-refractivity contribution in [2.75, 3.05) is 49.3 Å². The maximum atomic E-state index is 13.1. The van der Waals surface area contributed by atoms with E-state index >= 15 is 0 Å². The van der Waals surface area contributed by atoms with Crippen LogP contribution < -0.4 is 117 Å². The average molecular weight is 1140 g/mol. The Morgan fingerprint density at radius 3 is 1.60 bits per heavy atom. The van der Waals surface area contributed by atoms with Crippen molar-refractivity contribution in [3.63, 3.8) is 0 Å². The summed E-state index contributed by atoms with van der Waals surface area (Å²) < 4.78 is 69.7. The molecule has 3 heterocycles. The number of halogens is 5. The fourth-order valence-corrected chi connectivity index (χ4v) is 8.31. The van der Waals surface area contributed by atoms with Gasteiger partial charge in [-0.05, 0) is 103 Å². The Kier molecular flexibility index (Phi) is 33.8.